The summed E-state index contributed by atoms with van der Waals surface area (Å²) in [6.45, 7) is 7.09. The maximum Gasteiger partial charge on any atom is 0.340 e. The van der Waals surface area contributed by atoms with Crippen LogP contribution in [0.15, 0.2) is 23.1 Å². The van der Waals surface area contributed by atoms with E-state index in [4.69, 9.17) is 25.8 Å². The number of hydrogen-bond acceptors (Lipinski definition) is 7. The average molecular weight is 475 g/mol. The van der Waals surface area contributed by atoms with Crippen molar-refractivity contribution in [3.63, 3.8) is 0 Å². The summed E-state index contributed by atoms with van der Waals surface area (Å²) >= 11 is 6.14. The lowest BCUT2D eigenvalue weighted by Gasteiger charge is -2.36. The van der Waals surface area contributed by atoms with Gasteiger partial charge in [-0.2, -0.15) is 4.31 Å². The zero-order valence-corrected chi connectivity index (χ0v) is 19.3. The lowest BCUT2D eigenvalue weighted by Crippen LogP contribution is -2.51. The summed E-state index contributed by atoms with van der Waals surface area (Å²) in [5.41, 5.74) is -0.112. The zero-order valence-electron chi connectivity index (χ0n) is 17.7. The first-order chi connectivity index (χ1) is 14.6. The molecule has 1 aromatic carbocycles. The van der Waals surface area contributed by atoms with Crippen molar-refractivity contribution >= 4 is 33.5 Å². The molecule has 2 aliphatic rings. The molecule has 1 amide bonds. The highest BCUT2D eigenvalue weighted by atomic mass is 35.5. The number of carbonyl (C=O) groups excluding carboxylic acids is 2. The summed E-state index contributed by atoms with van der Waals surface area (Å²) in [7, 11) is -3.81. The molecule has 2 aliphatic heterocycles. The van der Waals surface area contributed by atoms with Gasteiger partial charge < -0.3 is 19.1 Å². The third-order valence-electron chi connectivity index (χ3n) is 5.13. The Morgan fingerprint density at radius 2 is 1.77 bits per heavy atom. The van der Waals surface area contributed by atoms with E-state index >= 15 is 0 Å². The molecule has 1 aromatic rings. The molecule has 0 N–H and O–H groups in total. The lowest BCUT2D eigenvalue weighted by atomic mass is 10.2. The van der Waals surface area contributed by atoms with Crippen LogP contribution in [-0.2, 0) is 29.0 Å². The van der Waals surface area contributed by atoms with Crippen molar-refractivity contribution in [2.24, 2.45) is 0 Å². The van der Waals surface area contributed by atoms with Crippen LogP contribution in [-0.4, -0.2) is 87.2 Å². The number of esters is 1. The summed E-state index contributed by atoms with van der Waals surface area (Å²) < 4.78 is 43.2. The molecule has 2 fully saturated rings. The lowest BCUT2D eigenvalue weighted by molar-refractivity contribution is -0.151. The normalized spacial score (nSPS) is 23.9. The first kappa shape index (κ1) is 23.9. The molecule has 11 heteroatoms. The van der Waals surface area contributed by atoms with Gasteiger partial charge in [-0.3, -0.25) is 4.79 Å². The fourth-order valence-corrected chi connectivity index (χ4v) is 5.28. The van der Waals surface area contributed by atoms with Gasteiger partial charge in [0.25, 0.3) is 5.91 Å². The first-order valence-corrected chi connectivity index (χ1v) is 11.9. The highest BCUT2D eigenvalue weighted by Gasteiger charge is 2.32. The standard InChI is InChI=1S/C20H27ClN2O7S/c1-13-11-22(12-14(2)29-13)19(24)15(3)30-20(25)17-10-16(4-5-18(17)21)31(26,27)23-6-8-28-9-7-23/h4-5,10,13-15H,6-9,11-12H2,1-3H3. The van der Waals surface area contributed by atoms with E-state index in [2.05, 4.69) is 0 Å². The molecule has 3 unspecified atom stereocenters. The quantitative estimate of drug-likeness (QED) is 0.596. The van der Waals surface area contributed by atoms with Gasteiger partial charge in [0.05, 0.1) is 40.9 Å². The van der Waals surface area contributed by atoms with Crippen LogP contribution in [0.1, 0.15) is 31.1 Å². The third kappa shape index (κ3) is 5.56. The molecule has 0 bridgehead atoms. The Morgan fingerprint density at radius 3 is 2.39 bits per heavy atom. The van der Waals surface area contributed by atoms with Crippen molar-refractivity contribution < 1.29 is 32.2 Å². The second kappa shape index (κ2) is 9.83. The number of ether oxygens (including phenoxy) is 3. The second-order valence-corrected chi connectivity index (χ2v) is 10.1. The van der Waals surface area contributed by atoms with Gasteiger partial charge in [0.15, 0.2) is 6.10 Å². The van der Waals surface area contributed by atoms with Crippen LogP contribution in [0.3, 0.4) is 0 Å². The number of carbonyl (C=O) groups is 2. The van der Waals surface area contributed by atoms with E-state index < -0.39 is 22.1 Å². The topological polar surface area (TPSA) is 102 Å². The molecule has 0 radical (unpaired) electrons. The summed E-state index contributed by atoms with van der Waals surface area (Å²) in [5.74, 6) is -1.21. The third-order valence-corrected chi connectivity index (χ3v) is 7.35. The molecular weight excluding hydrogens is 448 g/mol. The van der Waals surface area contributed by atoms with E-state index in [1.165, 1.54) is 29.4 Å². The molecule has 2 saturated heterocycles. The van der Waals surface area contributed by atoms with Crippen LogP contribution in [0.2, 0.25) is 5.02 Å². The Kier molecular flexibility index (Phi) is 7.59. The zero-order chi connectivity index (χ0) is 22.8. The van der Waals surface area contributed by atoms with E-state index in [1.54, 1.807) is 4.90 Å². The minimum Gasteiger partial charge on any atom is -0.449 e. The number of amides is 1. The summed E-state index contributed by atoms with van der Waals surface area (Å²) in [6.07, 6.45) is -1.29. The van der Waals surface area contributed by atoms with Crippen LogP contribution in [0, 0.1) is 0 Å². The van der Waals surface area contributed by atoms with E-state index in [1.807, 2.05) is 13.8 Å². The van der Waals surface area contributed by atoms with Gasteiger partial charge in [0, 0.05) is 26.2 Å². The van der Waals surface area contributed by atoms with Crippen molar-refractivity contribution in [1.29, 1.82) is 0 Å². The Bertz CT molecular complexity index is 923. The minimum atomic E-state index is -3.81. The van der Waals surface area contributed by atoms with Crippen molar-refractivity contribution in [2.45, 2.75) is 44.0 Å². The highest BCUT2D eigenvalue weighted by Crippen LogP contribution is 2.25. The Morgan fingerprint density at radius 1 is 1.16 bits per heavy atom. The fourth-order valence-electron chi connectivity index (χ4n) is 3.65. The van der Waals surface area contributed by atoms with Gasteiger partial charge in [-0.25, -0.2) is 13.2 Å². The molecule has 0 aromatic heterocycles. The molecule has 9 nitrogen and oxygen atoms in total. The molecule has 172 valence electrons. The van der Waals surface area contributed by atoms with Crippen molar-refractivity contribution in [3.8, 4) is 0 Å². The first-order valence-electron chi connectivity index (χ1n) is 10.1. The van der Waals surface area contributed by atoms with Gasteiger partial charge in [-0.15, -0.1) is 0 Å². The van der Waals surface area contributed by atoms with Gasteiger partial charge >= 0.3 is 5.97 Å². The van der Waals surface area contributed by atoms with Gasteiger partial charge in [0.1, 0.15) is 0 Å². The average Bonchev–Trinajstić information content (AvgIpc) is 2.73. The fraction of sp³-hybridized carbons (Fsp3) is 0.600. The van der Waals surface area contributed by atoms with Crippen LogP contribution in [0.5, 0.6) is 0 Å². The predicted molar refractivity (Wildman–Crippen MR) is 112 cm³/mol. The number of sulfonamides is 1. The number of morpholine rings is 2. The number of hydrogen-bond donors (Lipinski definition) is 0. The molecule has 0 aliphatic carbocycles. The summed E-state index contributed by atoms with van der Waals surface area (Å²) in [6, 6.07) is 3.86. The second-order valence-electron chi connectivity index (χ2n) is 7.71. The number of rotatable bonds is 5. The smallest absolute Gasteiger partial charge is 0.340 e. The predicted octanol–water partition coefficient (Wildman–Crippen LogP) is 1.54. The van der Waals surface area contributed by atoms with Crippen LogP contribution < -0.4 is 0 Å². The number of halogens is 1. The van der Waals surface area contributed by atoms with E-state index in [-0.39, 0.29) is 46.7 Å². The number of nitrogens with zero attached hydrogens (tertiary/aromatic N) is 2. The maximum absolute atomic E-state index is 12.9. The molecule has 0 saturated carbocycles. The van der Waals surface area contributed by atoms with Crippen molar-refractivity contribution in [1.82, 2.24) is 9.21 Å². The van der Waals surface area contributed by atoms with Gasteiger partial charge in [0.2, 0.25) is 10.0 Å². The molecule has 31 heavy (non-hydrogen) atoms. The highest BCUT2D eigenvalue weighted by molar-refractivity contribution is 7.89. The Hall–Kier alpha value is -1.72. The number of benzene rings is 1. The molecule has 0 spiro atoms. The van der Waals surface area contributed by atoms with Crippen molar-refractivity contribution in [3.05, 3.63) is 28.8 Å². The molecule has 3 atom stereocenters. The minimum absolute atomic E-state index is 0.0409. The van der Waals surface area contributed by atoms with E-state index in [0.717, 1.165) is 0 Å². The maximum atomic E-state index is 12.9. The van der Waals surface area contributed by atoms with E-state index in [9.17, 15) is 18.0 Å². The SMILES string of the molecule is CC1CN(C(=O)C(C)OC(=O)c2cc(S(=O)(=O)N3CCOCC3)ccc2Cl)CC(C)O1. The monoisotopic (exact) mass is 474 g/mol. The van der Waals surface area contributed by atoms with Gasteiger partial charge in [-0.1, -0.05) is 11.6 Å². The molecule has 3 rings (SSSR count). The van der Waals surface area contributed by atoms with E-state index in [0.29, 0.717) is 26.3 Å². The van der Waals surface area contributed by atoms with Crippen LogP contribution in [0.4, 0.5) is 0 Å². The summed E-state index contributed by atoms with van der Waals surface area (Å²) in [5, 5.41) is 0.0409. The van der Waals surface area contributed by atoms with Crippen LogP contribution >= 0.6 is 11.6 Å². The summed E-state index contributed by atoms with van der Waals surface area (Å²) in [4.78, 5) is 27.0. The largest absolute Gasteiger partial charge is 0.449 e. The van der Waals surface area contributed by atoms with Gasteiger partial charge in [-0.05, 0) is 39.0 Å². The van der Waals surface area contributed by atoms with Crippen molar-refractivity contribution in [2.75, 3.05) is 39.4 Å². The molecular formula is C20H27ClN2O7S. The Balaban J connectivity index is 1.74. The van der Waals surface area contributed by atoms with Crippen LogP contribution in [0.25, 0.3) is 0 Å². The molecule has 2 heterocycles. The Labute approximate surface area is 187 Å².